The number of fused-ring (bicyclic) bond motifs is 1. The van der Waals surface area contributed by atoms with E-state index in [9.17, 15) is 4.79 Å². The van der Waals surface area contributed by atoms with Gasteiger partial charge in [-0.05, 0) is 26.8 Å². The lowest BCUT2D eigenvalue weighted by molar-refractivity contribution is 0.0245. The summed E-state index contributed by atoms with van der Waals surface area (Å²) >= 11 is 0. The first-order valence-corrected chi connectivity index (χ1v) is 5.90. The van der Waals surface area contributed by atoms with Gasteiger partial charge in [0, 0.05) is 25.8 Å². The number of nitrogens with zero attached hydrogens (tertiary/aromatic N) is 3. The van der Waals surface area contributed by atoms with Crippen molar-refractivity contribution in [3.8, 4) is 0 Å². The number of amidine groups is 1. The Balaban J connectivity index is 1.98. The van der Waals surface area contributed by atoms with Gasteiger partial charge in [0.25, 0.3) is 0 Å². The Morgan fingerprint density at radius 1 is 1.41 bits per heavy atom. The van der Waals surface area contributed by atoms with Crippen LogP contribution in [0, 0.1) is 0 Å². The van der Waals surface area contributed by atoms with Crippen molar-refractivity contribution in [2.75, 3.05) is 26.2 Å². The van der Waals surface area contributed by atoms with E-state index in [2.05, 4.69) is 9.89 Å². The maximum Gasteiger partial charge on any atom is 0.410 e. The molecule has 5 heteroatoms. The third-order valence-corrected chi connectivity index (χ3v) is 2.64. The van der Waals surface area contributed by atoms with E-state index >= 15 is 0 Å². The molecular weight excluding hydrogens is 218 g/mol. The number of carbonyl (C=O) groups excluding carboxylic acids is 1. The van der Waals surface area contributed by atoms with Crippen LogP contribution in [0.2, 0.25) is 0 Å². The van der Waals surface area contributed by atoms with Gasteiger partial charge in [-0.1, -0.05) is 0 Å². The van der Waals surface area contributed by atoms with Crippen LogP contribution >= 0.6 is 0 Å². The van der Waals surface area contributed by atoms with Crippen LogP contribution in [-0.4, -0.2) is 53.5 Å². The molecule has 0 aromatic rings. The van der Waals surface area contributed by atoms with E-state index in [0.29, 0.717) is 13.1 Å². The van der Waals surface area contributed by atoms with Crippen LogP contribution in [0.3, 0.4) is 0 Å². The van der Waals surface area contributed by atoms with Gasteiger partial charge in [0.1, 0.15) is 11.4 Å². The van der Waals surface area contributed by atoms with Crippen LogP contribution in [0.15, 0.2) is 17.3 Å². The number of piperazine rings is 1. The molecule has 5 nitrogen and oxygen atoms in total. The molecule has 0 unspecified atom stereocenters. The van der Waals surface area contributed by atoms with Crippen LogP contribution in [0.25, 0.3) is 0 Å². The molecule has 94 valence electrons. The summed E-state index contributed by atoms with van der Waals surface area (Å²) in [6.45, 7) is 8.58. The van der Waals surface area contributed by atoms with Crippen molar-refractivity contribution < 1.29 is 9.53 Å². The standard InChI is InChI=1S/C12H19N3O2/c1-12(2,3)17-11(16)15-8-7-14-6-4-5-13-10(14)9-15/h4-5H,6-9H2,1-3H3. The number of hydrogen-bond donors (Lipinski definition) is 0. The fourth-order valence-corrected chi connectivity index (χ4v) is 1.83. The van der Waals surface area contributed by atoms with Gasteiger partial charge < -0.3 is 9.64 Å². The molecule has 0 bridgehead atoms. The van der Waals surface area contributed by atoms with Crippen LogP contribution < -0.4 is 0 Å². The third-order valence-electron chi connectivity index (χ3n) is 2.64. The van der Waals surface area contributed by atoms with Crippen molar-refractivity contribution >= 4 is 11.9 Å². The van der Waals surface area contributed by atoms with Gasteiger partial charge in [-0.2, -0.15) is 0 Å². The molecule has 0 atom stereocenters. The second-order valence-electron chi connectivity index (χ2n) is 5.28. The van der Waals surface area contributed by atoms with Gasteiger partial charge in [0.15, 0.2) is 0 Å². The number of aliphatic imine (C=N–C) groups is 1. The average molecular weight is 237 g/mol. The Morgan fingerprint density at radius 3 is 2.88 bits per heavy atom. The fraction of sp³-hybridized carbons (Fsp3) is 0.667. The van der Waals surface area contributed by atoms with E-state index in [-0.39, 0.29) is 6.09 Å². The topological polar surface area (TPSA) is 45.1 Å². The van der Waals surface area contributed by atoms with Crippen LogP contribution in [0.5, 0.6) is 0 Å². The molecule has 2 heterocycles. The van der Waals surface area contributed by atoms with E-state index in [0.717, 1.165) is 18.9 Å². The number of carbonyl (C=O) groups is 1. The lowest BCUT2D eigenvalue weighted by Crippen LogP contribution is -2.53. The lowest BCUT2D eigenvalue weighted by Gasteiger charge is -2.37. The zero-order valence-electron chi connectivity index (χ0n) is 10.6. The summed E-state index contributed by atoms with van der Waals surface area (Å²) < 4.78 is 5.35. The van der Waals surface area contributed by atoms with Gasteiger partial charge in [0.2, 0.25) is 0 Å². The van der Waals surface area contributed by atoms with Crippen LogP contribution in [-0.2, 0) is 4.74 Å². The van der Waals surface area contributed by atoms with E-state index in [4.69, 9.17) is 4.74 Å². The molecule has 0 radical (unpaired) electrons. The number of ether oxygens (including phenoxy) is 1. The summed E-state index contributed by atoms with van der Waals surface area (Å²) in [5, 5.41) is 0. The van der Waals surface area contributed by atoms with Gasteiger partial charge in [0.05, 0.1) is 6.54 Å². The smallest absolute Gasteiger partial charge is 0.410 e. The Morgan fingerprint density at radius 2 is 2.18 bits per heavy atom. The molecule has 2 rings (SSSR count). The molecule has 0 N–H and O–H groups in total. The highest BCUT2D eigenvalue weighted by Crippen LogP contribution is 2.14. The molecule has 2 aliphatic heterocycles. The first-order chi connectivity index (χ1) is 7.96. The van der Waals surface area contributed by atoms with Crippen molar-refractivity contribution in [1.82, 2.24) is 9.80 Å². The molecule has 1 fully saturated rings. The number of amides is 1. The van der Waals surface area contributed by atoms with Crippen molar-refractivity contribution in [1.29, 1.82) is 0 Å². The molecule has 0 aromatic heterocycles. The molecule has 1 saturated heterocycles. The zero-order valence-corrected chi connectivity index (χ0v) is 10.6. The summed E-state index contributed by atoms with van der Waals surface area (Å²) in [6.07, 6.45) is 3.56. The molecule has 2 aliphatic rings. The van der Waals surface area contributed by atoms with Gasteiger partial charge in [-0.15, -0.1) is 0 Å². The second-order valence-corrected chi connectivity index (χ2v) is 5.28. The minimum Gasteiger partial charge on any atom is -0.444 e. The largest absolute Gasteiger partial charge is 0.444 e. The van der Waals surface area contributed by atoms with Crippen LogP contribution in [0.4, 0.5) is 4.79 Å². The summed E-state index contributed by atoms with van der Waals surface area (Å²) in [6, 6.07) is 0. The maximum absolute atomic E-state index is 11.9. The minimum atomic E-state index is -0.442. The molecule has 1 amide bonds. The first-order valence-electron chi connectivity index (χ1n) is 5.90. The quantitative estimate of drug-likeness (QED) is 0.641. The predicted octanol–water partition coefficient (Wildman–Crippen LogP) is 1.46. The Bertz CT molecular complexity index is 368. The van der Waals surface area contributed by atoms with Gasteiger partial charge in [-0.3, -0.25) is 4.90 Å². The highest BCUT2D eigenvalue weighted by Gasteiger charge is 2.28. The number of hydrogen-bond acceptors (Lipinski definition) is 4. The highest BCUT2D eigenvalue weighted by atomic mass is 16.6. The average Bonchev–Trinajstić information content (AvgIpc) is 2.26. The van der Waals surface area contributed by atoms with Crippen LogP contribution in [0.1, 0.15) is 20.8 Å². The summed E-state index contributed by atoms with van der Waals surface area (Å²) in [7, 11) is 0. The van der Waals surface area contributed by atoms with E-state index in [1.54, 1.807) is 11.1 Å². The fourth-order valence-electron chi connectivity index (χ4n) is 1.83. The predicted molar refractivity (Wildman–Crippen MR) is 66.0 cm³/mol. The normalized spacial score (nSPS) is 19.8. The minimum absolute atomic E-state index is 0.255. The summed E-state index contributed by atoms with van der Waals surface area (Å²) in [5.74, 6) is 0.949. The monoisotopic (exact) mass is 237 g/mol. The third kappa shape index (κ3) is 2.99. The number of rotatable bonds is 0. The molecular formula is C12H19N3O2. The van der Waals surface area contributed by atoms with Crippen molar-refractivity contribution in [2.45, 2.75) is 26.4 Å². The van der Waals surface area contributed by atoms with Crippen molar-refractivity contribution in [3.05, 3.63) is 12.3 Å². The SMILES string of the molecule is CC(C)(C)OC(=O)N1CCN2CC=CN=C2C1. The lowest BCUT2D eigenvalue weighted by atomic mass is 10.2. The summed E-state index contributed by atoms with van der Waals surface area (Å²) in [5.41, 5.74) is -0.442. The first kappa shape index (κ1) is 12.0. The Hall–Kier alpha value is -1.52. The summed E-state index contributed by atoms with van der Waals surface area (Å²) in [4.78, 5) is 20.1. The Labute approximate surface area is 102 Å². The Kier molecular flexibility index (Phi) is 3.09. The zero-order chi connectivity index (χ0) is 12.5. The molecule has 17 heavy (non-hydrogen) atoms. The van der Waals surface area contributed by atoms with Crippen molar-refractivity contribution in [3.63, 3.8) is 0 Å². The second kappa shape index (κ2) is 4.39. The molecule has 0 saturated carbocycles. The van der Waals surface area contributed by atoms with E-state index in [1.165, 1.54) is 0 Å². The molecule has 0 spiro atoms. The van der Waals surface area contributed by atoms with Gasteiger partial charge >= 0.3 is 6.09 Å². The van der Waals surface area contributed by atoms with Crippen molar-refractivity contribution in [2.24, 2.45) is 4.99 Å². The molecule has 0 aromatic carbocycles. The highest BCUT2D eigenvalue weighted by molar-refractivity contribution is 5.89. The van der Waals surface area contributed by atoms with E-state index in [1.807, 2.05) is 26.8 Å². The van der Waals surface area contributed by atoms with Gasteiger partial charge in [-0.25, -0.2) is 9.79 Å². The molecule has 0 aliphatic carbocycles. The maximum atomic E-state index is 11.9. The van der Waals surface area contributed by atoms with E-state index < -0.39 is 5.60 Å².